The summed E-state index contributed by atoms with van der Waals surface area (Å²) in [5, 5.41) is 8.84. The first kappa shape index (κ1) is 10.6. The number of aromatic carboxylic acids is 1. The zero-order valence-corrected chi connectivity index (χ0v) is 9.02. The molecule has 3 nitrogen and oxygen atoms in total. The van der Waals surface area contributed by atoms with Gasteiger partial charge in [-0.05, 0) is 18.1 Å². The van der Waals surface area contributed by atoms with Crippen molar-refractivity contribution in [1.29, 1.82) is 0 Å². The Kier molecular flexibility index (Phi) is 3.02. The Morgan fingerprint density at radius 2 is 2.47 bits per heavy atom. The van der Waals surface area contributed by atoms with Gasteiger partial charge in [-0.15, -0.1) is 11.3 Å². The van der Waals surface area contributed by atoms with Gasteiger partial charge in [-0.2, -0.15) is 0 Å². The van der Waals surface area contributed by atoms with Crippen LogP contribution in [0.5, 0.6) is 0 Å². The molecule has 82 valence electrons. The van der Waals surface area contributed by atoms with Gasteiger partial charge in [0.05, 0.1) is 0 Å². The summed E-state index contributed by atoms with van der Waals surface area (Å²) in [4.78, 5) is 14.3. The van der Waals surface area contributed by atoms with Gasteiger partial charge in [-0.1, -0.05) is 0 Å². The van der Waals surface area contributed by atoms with Gasteiger partial charge in [0.2, 0.25) is 0 Å². The summed E-state index contributed by atoms with van der Waals surface area (Å²) in [6.45, 7) is 1.61. The monoisotopic (exact) mass is 229 g/mol. The van der Waals surface area contributed by atoms with Crippen molar-refractivity contribution in [3.05, 3.63) is 21.4 Å². The Balaban J connectivity index is 2.15. The van der Waals surface area contributed by atoms with Crippen LogP contribution in [0.3, 0.4) is 0 Å². The molecule has 0 atom stereocenters. The maximum Gasteiger partial charge on any atom is 0.345 e. The van der Waals surface area contributed by atoms with Gasteiger partial charge in [0.25, 0.3) is 0 Å². The molecule has 0 amide bonds. The molecule has 5 heteroatoms. The number of carbonyl (C=O) groups is 1. The van der Waals surface area contributed by atoms with Crippen LogP contribution in [0.1, 0.15) is 20.1 Å². The highest BCUT2D eigenvalue weighted by Gasteiger charge is 2.20. The lowest BCUT2D eigenvalue weighted by molar-refractivity contribution is 0.0702. The zero-order chi connectivity index (χ0) is 10.8. The van der Waals surface area contributed by atoms with Crippen LogP contribution in [0.2, 0.25) is 0 Å². The van der Waals surface area contributed by atoms with E-state index in [2.05, 4.69) is 0 Å². The highest BCUT2D eigenvalue weighted by Crippen LogP contribution is 2.27. The van der Waals surface area contributed by atoms with Crippen molar-refractivity contribution >= 4 is 17.3 Å². The molecule has 0 fully saturated rings. The fraction of sp³-hybridized carbons (Fsp3) is 0.500. The molecule has 0 saturated heterocycles. The molecule has 1 aliphatic heterocycles. The highest BCUT2D eigenvalue weighted by atomic mass is 32.1. The third kappa shape index (κ3) is 2.18. The molecule has 0 spiro atoms. The lowest BCUT2D eigenvalue weighted by Crippen LogP contribution is -2.31. The maximum absolute atomic E-state index is 12.2. The highest BCUT2D eigenvalue weighted by molar-refractivity contribution is 7.14. The number of thiophene rings is 1. The maximum atomic E-state index is 12.2. The molecule has 2 heterocycles. The van der Waals surface area contributed by atoms with Gasteiger partial charge >= 0.3 is 5.97 Å². The Bertz CT molecular complexity index is 377. The molecule has 1 N–H and O–H groups in total. The summed E-state index contributed by atoms with van der Waals surface area (Å²) in [6, 6.07) is 1.72. The van der Waals surface area contributed by atoms with E-state index < -0.39 is 5.97 Å². The summed E-state index contributed by atoms with van der Waals surface area (Å²) in [6.07, 6.45) is 0.841. The lowest BCUT2D eigenvalue weighted by atomic mass is 10.1. The van der Waals surface area contributed by atoms with Crippen molar-refractivity contribution in [3.8, 4) is 0 Å². The largest absolute Gasteiger partial charge is 0.477 e. The van der Waals surface area contributed by atoms with Crippen LogP contribution in [0, 0.1) is 0 Å². The predicted octanol–water partition coefficient (Wildman–Crippen LogP) is 1.77. The van der Waals surface area contributed by atoms with Crippen LogP contribution in [0.4, 0.5) is 4.39 Å². The summed E-state index contributed by atoms with van der Waals surface area (Å²) in [5.41, 5.74) is 1.05. The van der Waals surface area contributed by atoms with Crippen LogP contribution in [0.25, 0.3) is 0 Å². The number of carboxylic acid groups (broad SMARTS) is 1. The number of alkyl halides is 1. The molecule has 15 heavy (non-hydrogen) atoms. The molecule has 1 aliphatic rings. The van der Waals surface area contributed by atoms with E-state index in [1.165, 1.54) is 11.3 Å². The minimum Gasteiger partial charge on any atom is -0.477 e. The van der Waals surface area contributed by atoms with E-state index in [4.69, 9.17) is 5.11 Å². The van der Waals surface area contributed by atoms with Gasteiger partial charge < -0.3 is 5.11 Å². The van der Waals surface area contributed by atoms with Crippen LogP contribution in [-0.4, -0.2) is 35.7 Å². The van der Waals surface area contributed by atoms with Crippen LogP contribution < -0.4 is 0 Å². The predicted molar refractivity (Wildman–Crippen MR) is 56.2 cm³/mol. The number of nitrogens with zero attached hydrogens (tertiary/aromatic N) is 1. The second kappa shape index (κ2) is 4.28. The van der Waals surface area contributed by atoms with E-state index in [-0.39, 0.29) is 6.67 Å². The standard InChI is InChI=1S/C10H12FNO2S/c11-2-4-12-3-1-8-7(6-12)5-9(15-8)10(13)14/h5H,1-4,6H2,(H,13,14). The first-order valence-electron chi connectivity index (χ1n) is 4.84. The molecule has 0 radical (unpaired) electrons. The molecule has 0 unspecified atom stereocenters. The van der Waals surface area contributed by atoms with E-state index >= 15 is 0 Å². The molecule has 0 saturated carbocycles. The second-order valence-corrected chi connectivity index (χ2v) is 4.72. The summed E-state index contributed by atoms with van der Waals surface area (Å²) in [5.74, 6) is -0.869. The third-order valence-corrected chi connectivity index (χ3v) is 3.78. The Hall–Kier alpha value is -0.940. The minimum atomic E-state index is -0.869. The normalized spacial score (nSPS) is 16.3. The van der Waals surface area contributed by atoms with E-state index in [1.54, 1.807) is 6.07 Å². The second-order valence-electron chi connectivity index (χ2n) is 3.58. The van der Waals surface area contributed by atoms with Gasteiger partial charge in [0.15, 0.2) is 0 Å². The number of hydrogen-bond donors (Lipinski definition) is 1. The fourth-order valence-corrected chi connectivity index (χ4v) is 2.81. The molecule has 0 aromatic carbocycles. The van der Waals surface area contributed by atoms with Gasteiger partial charge in [-0.25, -0.2) is 9.18 Å². The number of fused-ring (bicyclic) bond motifs is 1. The lowest BCUT2D eigenvalue weighted by Gasteiger charge is -2.25. The van der Waals surface area contributed by atoms with Crippen molar-refractivity contribution in [1.82, 2.24) is 4.90 Å². The molecule has 1 aromatic rings. The molecule has 0 aliphatic carbocycles. The summed E-state index contributed by atoms with van der Waals surface area (Å²) < 4.78 is 12.2. The van der Waals surface area contributed by atoms with Gasteiger partial charge in [-0.3, -0.25) is 4.90 Å². The molecule has 0 bridgehead atoms. The van der Waals surface area contributed by atoms with Crippen LogP contribution >= 0.6 is 11.3 Å². The smallest absolute Gasteiger partial charge is 0.345 e. The van der Waals surface area contributed by atoms with Gasteiger partial charge in [0.1, 0.15) is 11.6 Å². The minimum absolute atomic E-state index is 0.342. The number of carboxylic acids is 1. The summed E-state index contributed by atoms with van der Waals surface area (Å²) in [7, 11) is 0. The number of hydrogen-bond acceptors (Lipinski definition) is 3. The van der Waals surface area contributed by atoms with E-state index in [0.717, 1.165) is 23.4 Å². The van der Waals surface area contributed by atoms with E-state index in [9.17, 15) is 9.18 Å². The molecule has 1 aromatic heterocycles. The van der Waals surface area contributed by atoms with E-state index in [1.807, 2.05) is 4.90 Å². The first-order valence-corrected chi connectivity index (χ1v) is 5.65. The Morgan fingerprint density at radius 1 is 1.67 bits per heavy atom. The first-order chi connectivity index (χ1) is 7.20. The van der Waals surface area contributed by atoms with Crippen LogP contribution in [0.15, 0.2) is 6.07 Å². The van der Waals surface area contributed by atoms with Gasteiger partial charge in [0, 0.05) is 24.5 Å². The van der Waals surface area contributed by atoms with Crippen LogP contribution in [-0.2, 0) is 13.0 Å². The fourth-order valence-electron chi connectivity index (χ4n) is 1.81. The quantitative estimate of drug-likeness (QED) is 0.858. The van der Waals surface area contributed by atoms with Crippen molar-refractivity contribution in [2.45, 2.75) is 13.0 Å². The average Bonchev–Trinajstić information content (AvgIpc) is 2.61. The SMILES string of the molecule is O=C(O)c1cc2c(s1)CCN(CCF)C2. The topological polar surface area (TPSA) is 40.5 Å². The van der Waals surface area contributed by atoms with E-state index in [0.29, 0.717) is 18.0 Å². The van der Waals surface area contributed by atoms with Crippen molar-refractivity contribution in [2.24, 2.45) is 0 Å². The van der Waals surface area contributed by atoms with Crippen molar-refractivity contribution < 1.29 is 14.3 Å². The van der Waals surface area contributed by atoms with Crippen molar-refractivity contribution in [3.63, 3.8) is 0 Å². The third-order valence-electron chi connectivity index (χ3n) is 2.56. The Morgan fingerprint density at radius 3 is 3.13 bits per heavy atom. The van der Waals surface area contributed by atoms with Crippen molar-refractivity contribution in [2.75, 3.05) is 19.8 Å². The molecular weight excluding hydrogens is 217 g/mol. The molecule has 2 rings (SSSR count). The average molecular weight is 229 g/mol. The molecular formula is C10H12FNO2S. The zero-order valence-electron chi connectivity index (χ0n) is 8.20. The number of rotatable bonds is 3. The number of halogens is 1. The Labute approximate surface area is 91.1 Å². The summed E-state index contributed by atoms with van der Waals surface area (Å²) >= 11 is 1.34.